The van der Waals surface area contributed by atoms with Crippen LogP contribution in [-0.2, 0) is 4.74 Å². The summed E-state index contributed by atoms with van der Waals surface area (Å²) in [5.74, 6) is -0.271. The molecule has 1 rings (SSSR count). The minimum atomic E-state index is -0.271. The summed E-state index contributed by atoms with van der Waals surface area (Å²) in [4.78, 5) is 15.6. The third kappa shape index (κ3) is 2.57. The predicted octanol–water partition coefficient (Wildman–Crippen LogP) is 2.21. The van der Waals surface area contributed by atoms with Crippen LogP contribution in [0, 0.1) is 6.92 Å². The monoisotopic (exact) mass is 251 g/mol. The van der Waals surface area contributed by atoms with E-state index in [2.05, 4.69) is 4.98 Å². The summed E-state index contributed by atoms with van der Waals surface area (Å²) in [7, 11) is 0. The number of hydrogen-bond donors (Lipinski definition) is 0. The van der Waals surface area contributed by atoms with Gasteiger partial charge in [-0.2, -0.15) is 0 Å². The summed E-state index contributed by atoms with van der Waals surface area (Å²) in [6, 6.07) is 0. The molecule has 0 aliphatic carbocycles. The molecule has 0 aliphatic rings. The third-order valence-corrected chi connectivity index (χ3v) is 2.11. The lowest BCUT2D eigenvalue weighted by molar-refractivity contribution is 0.0531. The van der Waals surface area contributed by atoms with Crippen molar-refractivity contribution in [2.75, 3.05) is 6.61 Å². The number of carbonyl (C=O) groups excluding carboxylic acids is 1. The van der Waals surface area contributed by atoms with E-state index >= 15 is 0 Å². The smallest absolute Gasteiger partial charge is 0.350 e. The van der Waals surface area contributed by atoms with Crippen molar-refractivity contribution in [2.45, 2.75) is 13.8 Å². The highest BCUT2D eigenvalue weighted by Crippen LogP contribution is 2.12. The molecule has 0 aliphatic heterocycles. The van der Waals surface area contributed by atoms with Crippen LogP contribution in [0.4, 0.5) is 0 Å². The van der Waals surface area contributed by atoms with Crippen LogP contribution < -0.4 is 0 Å². The van der Waals surface area contributed by atoms with Crippen molar-refractivity contribution in [1.82, 2.24) is 4.98 Å². The molecule has 68 valence electrons. The van der Waals surface area contributed by atoms with Crippen LogP contribution in [0.2, 0.25) is 0 Å². The van der Waals surface area contributed by atoms with Crippen LogP contribution >= 0.6 is 28.3 Å². The summed E-state index contributed by atoms with van der Waals surface area (Å²) in [6.45, 7) is 3.99. The molecule has 0 spiro atoms. The normalized spacial score (nSPS) is 8.83. The van der Waals surface area contributed by atoms with Crippen molar-refractivity contribution < 1.29 is 9.53 Å². The molecular weight excluding hydrogens is 242 g/mol. The SMILES string of the molecule is Br.CCOC(=O)c1scnc1C. The van der Waals surface area contributed by atoms with Gasteiger partial charge in [0.1, 0.15) is 4.88 Å². The zero-order chi connectivity index (χ0) is 8.27. The van der Waals surface area contributed by atoms with Gasteiger partial charge in [0, 0.05) is 0 Å². The van der Waals surface area contributed by atoms with Crippen LogP contribution in [0.3, 0.4) is 0 Å². The number of thiazole rings is 1. The first-order chi connectivity index (χ1) is 5.25. The molecule has 0 aromatic carbocycles. The van der Waals surface area contributed by atoms with Crippen molar-refractivity contribution in [3.63, 3.8) is 0 Å². The van der Waals surface area contributed by atoms with Crippen molar-refractivity contribution in [3.05, 3.63) is 16.1 Å². The largest absolute Gasteiger partial charge is 0.462 e. The van der Waals surface area contributed by atoms with E-state index in [4.69, 9.17) is 4.74 Å². The van der Waals surface area contributed by atoms with Gasteiger partial charge >= 0.3 is 5.97 Å². The first-order valence-electron chi connectivity index (χ1n) is 3.33. The quantitative estimate of drug-likeness (QED) is 0.757. The van der Waals surface area contributed by atoms with E-state index in [9.17, 15) is 4.79 Å². The fraction of sp³-hybridized carbons (Fsp3) is 0.429. The Kier molecular flexibility index (Phi) is 5.08. The first kappa shape index (κ1) is 11.6. The number of ether oxygens (including phenoxy) is 1. The third-order valence-electron chi connectivity index (χ3n) is 1.21. The molecule has 0 amide bonds. The van der Waals surface area contributed by atoms with Gasteiger partial charge in [-0.15, -0.1) is 28.3 Å². The Bertz CT molecular complexity index is 262. The van der Waals surface area contributed by atoms with Crippen molar-refractivity contribution >= 4 is 34.3 Å². The molecule has 3 nitrogen and oxygen atoms in total. The molecule has 0 fully saturated rings. The van der Waals surface area contributed by atoms with Crippen LogP contribution in [0.1, 0.15) is 22.3 Å². The fourth-order valence-electron chi connectivity index (χ4n) is 0.694. The molecule has 12 heavy (non-hydrogen) atoms. The van der Waals surface area contributed by atoms with E-state index in [1.807, 2.05) is 0 Å². The van der Waals surface area contributed by atoms with Gasteiger partial charge in [0.15, 0.2) is 0 Å². The predicted molar refractivity (Wildman–Crippen MR) is 53.1 cm³/mol. The Hall–Kier alpha value is -0.420. The summed E-state index contributed by atoms with van der Waals surface area (Å²) in [5, 5.41) is 0. The molecule has 0 bridgehead atoms. The molecule has 1 aromatic rings. The number of carbonyl (C=O) groups is 1. The lowest BCUT2D eigenvalue weighted by Gasteiger charge is -1.97. The van der Waals surface area contributed by atoms with Crippen molar-refractivity contribution in [1.29, 1.82) is 0 Å². The Morgan fingerprint density at radius 2 is 2.42 bits per heavy atom. The van der Waals surface area contributed by atoms with E-state index in [-0.39, 0.29) is 23.0 Å². The van der Waals surface area contributed by atoms with Gasteiger partial charge in [0.25, 0.3) is 0 Å². The number of rotatable bonds is 2. The topological polar surface area (TPSA) is 39.2 Å². The lowest BCUT2D eigenvalue weighted by Crippen LogP contribution is -2.03. The zero-order valence-electron chi connectivity index (χ0n) is 6.86. The standard InChI is InChI=1S/C7H9NO2S.BrH/c1-3-10-7(9)6-5(2)8-4-11-6;/h4H,3H2,1-2H3;1H. The maximum absolute atomic E-state index is 11.1. The second-order valence-corrected chi connectivity index (χ2v) is 2.84. The Labute approximate surface area is 85.5 Å². The van der Waals surface area contributed by atoms with Crippen LogP contribution in [-0.4, -0.2) is 17.6 Å². The average molecular weight is 252 g/mol. The van der Waals surface area contributed by atoms with E-state index in [0.717, 1.165) is 5.69 Å². The summed E-state index contributed by atoms with van der Waals surface area (Å²) >= 11 is 1.31. The van der Waals surface area contributed by atoms with Gasteiger partial charge in [-0.05, 0) is 13.8 Å². The molecule has 0 saturated carbocycles. The number of halogens is 1. The second kappa shape index (κ2) is 5.27. The van der Waals surface area contributed by atoms with E-state index in [1.165, 1.54) is 11.3 Å². The van der Waals surface area contributed by atoms with Crippen LogP contribution in [0.25, 0.3) is 0 Å². The molecule has 1 aromatic heterocycles. The number of aryl methyl sites for hydroxylation is 1. The Balaban J connectivity index is 0.00000121. The van der Waals surface area contributed by atoms with E-state index in [1.54, 1.807) is 19.4 Å². The van der Waals surface area contributed by atoms with Crippen LogP contribution in [0.5, 0.6) is 0 Å². The van der Waals surface area contributed by atoms with Crippen molar-refractivity contribution in [2.24, 2.45) is 0 Å². The summed E-state index contributed by atoms with van der Waals surface area (Å²) < 4.78 is 4.80. The summed E-state index contributed by atoms with van der Waals surface area (Å²) in [5.41, 5.74) is 2.38. The van der Waals surface area contributed by atoms with Gasteiger partial charge in [0.05, 0.1) is 17.8 Å². The minimum Gasteiger partial charge on any atom is -0.462 e. The van der Waals surface area contributed by atoms with Crippen LogP contribution in [0.15, 0.2) is 5.51 Å². The highest BCUT2D eigenvalue weighted by molar-refractivity contribution is 8.93. The van der Waals surface area contributed by atoms with Crippen molar-refractivity contribution in [3.8, 4) is 0 Å². The number of esters is 1. The van der Waals surface area contributed by atoms with Gasteiger partial charge in [-0.3, -0.25) is 0 Å². The van der Waals surface area contributed by atoms with E-state index < -0.39 is 0 Å². The summed E-state index contributed by atoms with van der Waals surface area (Å²) in [6.07, 6.45) is 0. The average Bonchev–Trinajstić information content (AvgIpc) is 2.36. The minimum absolute atomic E-state index is 0. The molecular formula is C7H10BrNO2S. The van der Waals surface area contributed by atoms with Gasteiger partial charge in [-0.1, -0.05) is 0 Å². The molecule has 0 radical (unpaired) electrons. The molecule has 1 heterocycles. The van der Waals surface area contributed by atoms with Gasteiger partial charge < -0.3 is 4.74 Å². The Morgan fingerprint density at radius 1 is 1.75 bits per heavy atom. The zero-order valence-corrected chi connectivity index (χ0v) is 9.39. The number of nitrogens with zero attached hydrogens (tertiary/aromatic N) is 1. The molecule has 0 unspecified atom stereocenters. The van der Waals surface area contributed by atoms with Gasteiger partial charge in [0.2, 0.25) is 0 Å². The number of hydrogen-bond acceptors (Lipinski definition) is 4. The molecule has 0 atom stereocenters. The highest BCUT2D eigenvalue weighted by atomic mass is 79.9. The number of aromatic nitrogens is 1. The van der Waals surface area contributed by atoms with Gasteiger partial charge in [-0.25, -0.2) is 9.78 Å². The maximum atomic E-state index is 11.1. The highest BCUT2D eigenvalue weighted by Gasteiger charge is 2.11. The fourth-order valence-corrected chi connectivity index (χ4v) is 1.39. The molecule has 0 N–H and O–H groups in total. The Morgan fingerprint density at radius 3 is 2.83 bits per heavy atom. The van der Waals surface area contributed by atoms with E-state index in [0.29, 0.717) is 11.5 Å². The second-order valence-electron chi connectivity index (χ2n) is 1.99. The molecule has 5 heteroatoms. The maximum Gasteiger partial charge on any atom is 0.350 e. The first-order valence-corrected chi connectivity index (χ1v) is 4.21. The lowest BCUT2D eigenvalue weighted by atomic mass is 10.4. The molecule has 0 saturated heterocycles.